The summed E-state index contributed by atoms with van der Waals surface area (Å²) in [5, 5.41) is 4.57. The number of aromatic nitrogens is 1. The Morgan fingerprint density at radius 2 is 2.06 bits per heavy atom. The van der Waals surface area contributed by atoms with Crippen molar-refractivity contribution in [1.82, 2.24) is 4.98 Å². The van der Waals surface area contributed by atoms with Gasteiger partial charge in [0, 0.05) is 6.04 Å². The van der Waals surface area contributed by atoms with E-state index >= 15 is 0 Å². The van der Waals surface area contributed by atoms with Crippen molar-refractivity contribution in [3.63, 3.8) is 0 Å². The van der Waals surface area contributed by atoms with E-state index in [0.717, 1.165) is 10.6 Å². The smallest absolute Gasteiger partial charge is 0.183 e. The number of fused-ring (bicyclic) bond motifs is 1. The fraction of sp³-hybridized carbons (Fsp3) is 0.533. The molecule has 0 saturated heterocycles. The van der Waals surface area contributed by atoms with Crippen LogP contribution in [0.3, 0.4) is 0 Å². The van der Waals surface area contributed by atoms with Crippen LogP contribution in [-0.2, 0) is 0 Å². The Morgan fingerprint density at radius 3 is 2.83 bits per heavy atom. The SMILES string of the molecule is CCCCCCC(C)Nc1nc2ccccc2s1. The van der Waals surface area contributed by atoms with E-state index < -0.39 is 0 Å². The molecule has 0 radical (unpaired) electrons. The van der Waals surface area contributed by atoms with Crippen LogP contribution in [-0.4, -0.2) is 11.0 Å². The van der Waals surface area contributed by atoms with Gasteiger partial charge in [-0.1, -0.05) is 56.1 Å². The monoisotopic (exact) mass is 262 g/mol. The second-order valence-corrected chi connectivity index (χ2v) is 5.91. The molecule has 3 heteroatoms. The number of rotatable bonds is 7. The van der Waals surface area contributed by atoms with Crippen molar-refractivity contribution in [2.24, 2.45) is 0 Å². The summed E-state index contributed by atoms with van der Waals surface area (Å²) >= 11 is 1.75. The van der Waals surface area contributed by atoms with Gasteiger partial charge in [-0.15, -0.1) is 0 Å². The van der Waals surface area contributed by atoms with Crippen molar-refractivity contribution >= 4 is 26.7 Å². The summed E-state index contributed by atoms with van der Waals surface area (Å²) in [5.41, 5.74) is 1.10. The third-order valence-corrected chi connectivity index (χ3v) is 4.12. The molecule has 0 bridgehead atoms. The molecule has 18 heavy (non-hydrogen) atoms. The van der Waals surface area contributed by atoms with Gasteiger partial charge in [-0.25, -0.2) is 4.98 Å². The number of nitrogens with zero attached hydrogens (tertiary/aromatic N) is 1. The zero-order valence-electron chi connectivity index (χ0n) is 11.3. The average Bonchev–Trinajstić information content (AvgIpc) is 2.76. The minimum Gasteiger partial charge on any atom is -0.359 e. The van der Waals surface area contributed by atoms with Crippen LogP contribution in [0.4, 0.5) is 5.13 Å². The topological polar surface area (TPSA) is 24.9 Å². The molecule has 1 aromatic heterocycles. The Morgan fingerprint density at radius 1 is 1.22 bits per heavy atom. The molecule has 0 saturated carbocycles. The van der Waals surface area contributed by atoms with E-state index in [9.17, 15) is 0 Å². The Balaban J connectivity index is 1.84. The Hall–Kier alpha value is -1.09. The highest BCUT2D eigenvalue weighted by Crippen LogP contribution is 2.26. The van der Waals surface area contributed by atoms with Crippen molar-refractivity contribution < 1.29 is 0 Å². The molecule has 0 amide bonds. The van der Waals surface area contributed by atoms with Gasteiger partial charge in [0.1, 0.15) is 0 Å². The molecule has 1 atom stereocenters. The van der Waals surface area contributed by atoms with Crippen molar-refractivity contribution in [2.75, 3.05) is 5.32 Å². The van der Waals surface area contributed by atoms with Crippen molar-refractivity contribution in [3.05, 3.63) is 24.3 Å². The highest BCUT2D eigenvalue weighted by molar-refractivity contribution is 7.22. The molecule has 0 aliphatic rings. The number of hydrogen-bond acceptors (Lipinski definition) is 3. The summed E-state index contributed by atoms with van der Waals surface area (Å²) in [4.78, 5) is 4.60. The van der Waals surface area contributed by atoms with E-state index in [1.807, 2.05) is 6.07 Å². The zero-order valence-corrected chi connectivity index (χ0v) is 12.1. The molecule has 1 N–H and O–H groups in total. The summed E-state index contributed by atoms with van der Waals surface area (Å²) < 4.78 is 1.26. The second-order valence-electron chi connectivity index (χ2n) is 4.88. The van der Waals surface area contributed by atoms with Gasteiger partial charge < -0.3 is 5.32 Å². The molecule has 0 spiro atoms. The predicted molar refractivity (Wildman–Crippen MR) is 81.5 cm³/mol. The normalized spacial score (nSPS) is 12.8. The summed E-state index contributed by atoms with van der Waals surface area (Å²) in [7, 11) is 0. The van der Waals surface area contributed by atoms with Gasteiger partial charge in [0.2, 0.25) is 0 Å². The molecule has 2 nitrogen and oxygen atoms in total. The third-order valence-electron chi connectivity index (χ3n) is 3.15. The highest BCUT2D eigenvalue weighted by atomic mass is 32.1. The number of benzene rings is 1. The van der Waals surface area contributed by atoms with E-state index in [4.69, 9.17) is 0 Å². The first-order chi connectivity index (χ1) is 8.79. The summed E-state index contributed by atoms with van der Waals surface area (Å²) in [5.74, 6) is 0. The second kappa shape index (κ2) is 6.74. The minimum absolute atomic E-state index is 0.516. The number of anilines is 1. The predicted octanol–water partition coefficient (Wildman–Crippen LogP) is 5.07. The van der Waals surface area contributed by atoms with Gasteiger partial charge in [-0.3, -0.25) is 0 Å². The number of nitrogens with one attached hydrogen (secondary N) is 1. The van der Waals surface area contributed by atoms with Crippen LogP contribution in [0, 0.1) is 0 Å². The fourth-order valence-electron chi connectivity index (χ4n) is 2.09. The fourth-order valence-corrected chi connectivity index (χ4v) is 3.07. The molecule has 1 aromatic carbocycles. The van der Waals surface area contributed by atoms with E-state index in [2.05, 4.69) is 42.3 Å². The Kier molecular flexibility index (Phi) is 5.00. The molecule has 0 aliphatic heterocycles. The molecule has 0 aliphatic carbocycles. The molecule has 1 heterocycles. The lowest BCUT2D eigenvalue weighted by Gasteiger charge is -2.12. The summed E-state index contributed by atoms with van der Waals surface area (Å²) in [6.07, 6.45) is 6.55. The zero-order chi connectivity index (χ0) is 12.8. The summed E-state index contributed by atoms with van der Waals surface area (Å²) in [6, 6.07) is 8.83. The van der Waals surface area contributed by atoms with Crippen molar-refractivity contribution in [1.29, 1.82) is 0 Å². The summed E-state index contributed by atoms with van der Waals surface area (Å²) in [6.45, 7) is 4.50. The maximum atomic E-state index is 4.60. The van der Waals surface area contributed by atoms with Gasteiger partial charge in [0.25, 0.3) is 0 Å². The highest BCUT2D eigenvalue weighted by Gasteiger charge is 2.06. The van der Waals surface area contributed by atoms with E-state index in [0.29, 0.717) is 6.04 Å². The molecular weight excluding hydrogens is 240 g/mol. The van der Waals surface area contributed by atoms with E-state index in [-0.39, 0.29) is 0 Å². The quantitative estimate of drug-likeness (QED) is 0.705. The van der Waals surface area contributed by atoms with Gasteiger partial charge in [-0.2, -0.15) is 0 Å². The van der Waals surface area contributed by atoms with Gasteiger partial charge in [0.05, 0.1) is 10.2 Å². The van der Waals surface area contributed by atoms with Gasteiger partial charge in [-0.05, 0) is 25.5 Å². The lowest BCUT2D eigenvalue weighted by molar-refractivity contribution is 0.594. The van der Waals surface area contributed by atoms with Crippen LogP contribution in [0.1, 0.15) is 46.0 Å². The average molecular weight is 262 g/mol. The first-order valence-corrected chi connectivity index (χ1v) is 7.73. The first-order valence-electron chi connectivity index (χ1n) is 6.91. The van der Waals surface area contributed by atoms with Crippen molar-refractivity contribution in [2.45, 2.75) is 52.0 Å². The molecule has 0 fully saturated rings. The number of hydrogen-bond donors (Lipinski definition) is 1. The number of thiazole rings is 1. The Labute approximate surface area is 113 Å². The number of unbranched alkanes of at least 4 members (excludes halogenated alkanes) is 3. The molecule has 98 valence electrons. The van der Waals surface area contributed by atoms with Gasteiger partial charge in [0.15, 0.2) is 5.13 Å². The maximum absolute atomic E-state index is 4.60. The molecular formula is C15H22N2S. The van der Waals surface area contributed by atoms with Crippen LogP contribution in [0.5, 0.6) is 0 Å². The molecule has 2 rings (SSSR count). The van der Waals surface area contributed by atoms with Crippen molar-refractivity contribution in [3.8, 4) is 0 Å². The van der Waals surface area contributed by atoms with Crippen LogP contribution >= 0.6 is 11.3 Å². The largest absolute Gasteiger partial charge is 0.359 e. The molecule has 1 unspecified atom stereocenters. The van der Waals surface area contributed by atoms with Crippen LogP contribution in [0.2, 0.25) is 0 Å². The van der Waals surface area contributed by atoms with E-state index in [1.54, 1.807) is 11.3 Å². The van der Waals surface area contributed by atoms with E-state index in [1.165, 1.54) is 36.8 Å². The standard InChI is InChI=1S/C15H22N2S/c1-3-4-5-6-9-12(2)16-15-17-13-10-7-8-11-14(13)18-15/h7-8,10-12H,3-6,9H2,1-2H3,(H,16,17). The first kappa shape index (κ1) is 13.3. The lowest BCUT2D eigenvalue weighted by Crippen LogP contribution is -2.14. The van der Waals surface area contributed by atoms with Gasteiger partial charge >= 0.3 is 0 Å². The third kappa shape index (κ3) is 3.70. The Bertz CT molecular complexity index is 445. The van der Waals surface area contributed by atoms with Crippen LogP contribution in [0.15, 0.2) is 24.3 Å². The maximum Gasteiger partial charge on any atom is 0.183 e. The van der Waals surface area contributed by atoms with Crippen LogP contribution in [0.25, 0.3) is 10.2 Å². The minimum atomic E-state index is 0.516. The molecule has 2 aromatic rings. The van der Waals surface area contributed by atoms with Crippen LogP contribution < -0.4 is 5.32 Å². The number of para-hydroxylation sites is 1. The lowest BCUT2D eigenvalue weighted by atomic mass is 10.1.